The molecule has 2 saturated carbocycles. The van der Waals surface area contributed by atoms with Crippen molar-refractivity contribution in [2.45, 2.75) is 129 Å². The molecule has 3 rings (SSSR count). The Morgan fingerprint density at radius 2 is 1.91 bits per heavy atom. The molecular weight excluding hydrogens is 438 g/mol. The Morgan fingerprint density at radius 3 is 2.46 bits per heavy atom. The number of nitrogens with one attached hydrogen (secondary N) is 3. The van der Waals surface area contributed by atoms with Crippen molar-refractivity contribution in [1.29, 1.82) is 0 Å². The number of nitrogens with two attached hydrogens (primary N) is 2. The number of amides is 1. The van der Waals surface area contributed by atoms with Crippen molar-refractivity contribution < 1.29 is 9.53 Å². The van der Waals surface area contributed by atoms with Crippen molar-refractivity contribution in [2.24, 2.45) is 35.2 Å². The molecule has 1 heterocycles. The molecule has 0 spiro atoms. The molecule has 0 aromatic heterocycles. The van der Waals surface area contributed by atoms with Crippen LogP contribution >= 0.6 is 0 Å². The Balaban J connectivity index is 1.65. The monoisotopic (exact) mass is 491 g/mol. The Hall–Kier alpha value is -1.47. The number of alkyl carbamates (subject to hydrolysis) is 1. The van der Waals surface area contributed by atoms with Gasteiger partial charge < -0.3 is 21.1 Å². The van der Waals surface area contributed by atoms with E-state index in [2.05, 4.69) is 29.9 Å². The number of hydrogen-bond acceptors (Lipinski definition) is 6. The summed E-state index contributed by atoms with van der Waals surface area (Å²) < 4.78 is 5.61. The Labute approximate surface area is 213 Å². The molecule has 1 aliphatic heterocycles. The highest BCUT2D eigenvalue weighted by atomic mass is 16.6. The zero-order chi connectivity index (χ0) is 25.6. The predicted molar refractivity (Wildman–Crippen MR) is 143 cm³/mol. The molecule has 202 valence electrons. The van der Waals surface area contributed by atoms with Crippen LogP contribution in [-0.2, 0) is 4.74 Å². The molecule has 0 bridgehead atoms. The lowest BCUT2D eigenvalue weighted by Crippen LogP contribution is -2.60. The van der Waals surface area contributed by atoms with Gasteiger partial charge in [0.05, 0.1) is 0 Å². The number of carbonyl (C=O) groups excluding carboxylic acids is 1. The molecule has 1 amide bonds. The minimum atomic E-state index is -0.461. The summed E-state index contributed by atoms with van der Waals surface area (Å²) in [5.41, 5.74) is 11.1. The van der Waals surface area contributed by atoms with Crippen LogP contribution < -0.4 is 27.6 Å². The Bertz CT molecular complexity index is 719. The van der Waals surface area contributed by atoms with Crippen molar-refractivity contribution in [2.75, 3.05) is 6.54 Å². The Morgan fingerprint density at radius 1 is 1.23 bits per heavy atom. The third kappa shape index (κ3) is 7.28. The molecule has 0 radical (unpaired) electrons. The van der Waals surface area contributed by atoms with Crippen LogP contribution in [0, 0.1) is 23.7 Å². The second kappa shape index (κ2) is 12.2. The van der Waals surface area contributed by atoms with E-state index in [1.807, 2.05) is 20.8 Å². The van der Waals surface area contributed by atoms with Crippen LogP contribution in [0.1, 0.15) is 112 Å². The number of hydrazine groups is 1. The smallest absolute Gasteiger partial charge is 0.408 e. The number of ether oxygens (including phenoxy) is 1. The first-order valence-corrected chi connectivity index (χ1v) is 14.3. The van der Waals surface area contributed by atoms with E-state index in [9.17, 15) is 4.79 Å². The lowest BCUT2D eigenvalue weighted by molar-refractivity contribution is 0.0145. The van der Waals surface area contributed by atoms with Gasteiger partial charge in [-0.2, -0.15) is 0 Å². The largest absolute Gasteiger partial charge is 0.444 e. The fraction of sp³-hybridized carbons (Fsp3) is 0.893. The van der Waals surface area contributed by atoms with E-state index in [-0.39, 0.29) is 11.6 Å². The highest BCUT2D eigenvalue weighted by Gasteiger charge is 2.48. The van der Waals surface area contributed by atoms with Gasteiger partial charge in [0.2, 0.25) is 0 Å². The summed E-state index contributed by atoms with van der Waals surface area (Å²) in [6, 6.07) is 0.488. The minimum Gasteiger partial charge on any atom is -0.444 e. The second-order valence-electron chi connectivity index (χ2n) is 12.6. The van der Waals surface area contributed by atoms with Crippen molar-refractivity contribution in [1.82, 2.24) is 16.1 Å². The summed E-state index contributed by atoms with van der Waals surface area (Å²) in [7, 11) is 0. The SMILES string of the molecule is CCCC(C)C1CC(N)=C(CCCNN)NC1C1CCC(C2(NC(=O)OC(C)(C)C)CCC2)CC1. The normalized spacial score (nSPS) is 29.7. The molecule has 7 heteroatoms. The maximum absolute atomic E-state index is 12.6. The quantitative estimate of drug-likeness (QED) is 0.166. The highest BCUT2D eigenvalue weighted by Crippen LogP contribution is 2.48. The van der Waals surface area contributed by atoms with Gasteiger partial charge in [-0.05, 0) is 109 Å². The van der Waals surface area contributed by atoms with E-state index >= 15 is 0 Å². The molecule has 35 heavy (non-hydrogen) atoms. The summed E-state index contributed by atoms with van der Waals surface area (Å²) in [4.78, 5) is 12.6. The summed E-state index contributed by atoms with van der Waals surface area (Å²) in [5, 5.41) is 7.28. The molecule has 7 nitrogen and oxygen atoms in total. The topological polar surface area (TPSA) is 114 Å². The fourth-order valence-corrected chi connectivity index (χ4v) is 6.93. The van der Waals surface area contributed by atoms with Gasteiger partial charge in [0.15, 0.2) is 0 Å². The van der Waals surface area contributed by atoms with Crippen molar-refractivity contribution in [3.8, 4) is 0 Å². The molecule has 2 fully saturated rings. The number of rotatable bonds is 10. The van der Waals surface area contributed by atoms with Crippen molar-refractivity contribution in [3.63, 3.8) is 0 Å². The van der Waals surface area contributed by atoms with Crippen LogP contribution in [0.5, 0.6) is 0 Å². The van der Waals surface area contributed by atoms with Crippen LogP contribution in [0.2, 0.25) is 0 Å². The average Bonchev–Trinajstić information content (AvgIpc) is 2.76. The first-order valence-electron chi connectivity index (χ1n) is 14.3. The number of allylic oxidation sites excluding steroid dienone is 2. The lowest BCUT2D eigenvalue weighted by atomic mass is 9.60. The molecule has 0 aromatic carbocycles. The van der Waals surface area contributed by atoms with Gasteiger partial charge in [-0.25, -0.2) is 4.79 Å². The van der Waals surface area contributed by atoms with Gasteiger partial charge in [-0.3, -0.25) is 11.3 Å². The highest BCUT2D eigenvalue weighted by molar-refractivity contribution is 5.69. The van der Waals surface area contributed by atoms with Gasteiger partial charge in [-0.1, -0.05) is 26.7 Å². The van der Waals surface area contributed by atoms with Crippen molar-refractivity contribution >= 4 is 6.09 Å². The standard InChI is InChI=1S/C28H53N5O2/c1-6-9-19(2)22-18-23(29)24(10-7-17-31-30)32-25(22)20-11-13-21(14-12-20)28(15-8-16-28)33-26(34)35-27(3,4)5/h19-22,25,31-32H,6-18,29-30H2,1-5H3,(H,33,34). The second-order valence-corrected chi connectivity index (χ2v) is 12.6. The van der Waals surface area contributed by atoms with E-state index in [1.54, 1.807) is 0 Å². The fourth-order valence-electron chi connectivity index (χ4n) is 6.93. The molecule has 7 N–H and O–H groups in total. The van der Waals surface area contributed by atoms with E-state index < -0.39 is 5.60 Å². The molecule has 0 aromatic rings. The van der Waals surface area contributed by atoms with E-state index in [0.717, 1.165) is 44.3 Å². The van der Waals surface area contributed by atoms with E-state index in [1.165, 1.54) is 50.6 Å². The predicted octanol–water partition coefficient (Wildman–Crippen LogP) is 5.07. The number of hydrogen-bond donors (Lipinski definition) is 5. The summed E-state index contributed by atoms with van der Waals surface area (Å²) in [6.07, 6.45) is 13.3. The summed E-state index contributed by atoms with van der Waals surface area (Å²) >= 11 is 0. The van der Waals surface area contributed by atoms with Crippen molar-refractivity contribution in [3.05, 3.63) is 11.4 Å². The first-order chi connectivity index (χ1) is 16.6. The molecule has 0 saturated heterocycles. The zero-order valence-electron chi connectivity index (χ0n) is 23.1. The van der Waals surface area contributed by atoms with E-state index in [4.69, 9.17) is 16.3 Å². The maximum Gasteiger partial charge on any atom is 0.408 e. The van der Waals surface area contributed by atoms with Gasteiger partial charge >= 0.3 is 6.09 Å². The molecule has 3 aliphatic rings. The minimum absolute atomic E-state index is 0.0626. The van der Waals surface area contributed by atoms with Gasteiger partial charge in [-0.15, -0.1) is 0 Å². The van der Waals surface area contributed by atoms with Crippen LogP contribution in [-0.4, -0.2) is 29.8 Å². The molecule has 2 aliphatic carbocycles. The van der Waals surface area contributed by atoms with Crippen LogP contribution in [0.15, 0.2) is 11.4 Å². The maximum atomic E-state index is 12.6. The third-order valence-electron chi connectivity index (χ3n) is 8.93. The molecule has 3 unspecified atom stereocenters. The van der Waals surface area contributed by atoms with Gasteiger partial charge in [0, 0.05) is 29.5 Å². The Kier molecular flexibility index (Phi) is 9.78. The third-order valence-corrected chi connectivity index (χ3v) is 8.93. The summed E-state index contributed by atoms with van der Waals surface area (Å²) in [6.45, 7) is 11.3. The molecular formula is C28H53N5O2. The summed E-state index contributed by atoms with van der Waals surface area (Å²) in [5.74, 6) is 7.94. The molecule has 3 atom stereocenters. The van der Waals surface area contributed by atoms with Crippen LogP contribution in [0.3, 0.4) is 0 Å². The van der Waals surface area contributed by atoms with Crippen LogP contribution in [0.25, 0.3) is 0 Å². The lowest BCUT2D eigenvalue weighted by Gasteiger charge is -2.52. The first kappa shape index (κ1) is 28.1. The number of carbonyl (C=O) groups is 1. The average molecular weight is 492 g/mol. The van der Waals surface area contributed by atoms with Gasteiger partial charge in [0.25, 0.3) is 0 Å². The van der Waals surface area contributed by atoms with Gasteiger partial charge in [0.1, 0.15) is 5.60 Å². The van der Waals surface area contributed by atoms with Crippen LogP contribution in [0.4, 0.5) is 4.79 Å². The zero-order valence-corrected chi connectivity index (χ0v) is 23.1. The van der Waals surface area contributed by atoms with E-state index in [0.29, 0.717) is 29.7 Å².